The van der Waals surface area contributed by atoms with Crippen LogP contribution in [0, 0.1) is 17.8 Å². The molecule has 540 valence electrons. The molecule has 0 aliphatic carbocycles. The molecule has 17 nitrogen and oxygen atoms in total. The van der Waals surface area contributed by atoms with Crippen LogP contribution in [-0.4, -0.2) is 96.7 Å². The molecule has 0 saturated carbocycles. The van der Waals surface area contributed by atoms with Gasteiger partial charge in [0.1, 0.15) is 19.3 Å². The first kappa shape index (κ1) is 89.1. The molecule has 2 unspecified atom stereocenters. The molecule has 3 N–H and O–H groups in total. The van der Waals surface area contributed by atoms with Crippen LogP contribution in [0.25, 0.3) is 0 Å². The lowest BCUT2D eigenvalue weighted by atomic mass is 10.0. The third-order valence-corrected chi connectivity index (χ3v) is 18.5. The van der Waals surface area contributed by atoms with Crippen LogP contribution in [-0.2, 0) is 65.4 Å². The van der Waals surface area contributed by atoms with Crippen LogP contribution in [0.3, 0.4) is 0 Å². The Kier molecular flexibility index (Phi) is 61.5. The summed E-state index contributed by atoms with van der Waals surface area (Å²) >= 11 is 0. The number of aliphatic hydroxyl groups is 1. The third kappa shape index (κ3) is 66.5. The molecule has 0 aromatic rings. The SMILES string of the molecule is CCCCCCCCCCCCCC(=O)O[C@H](COC(=O)CCCCCCCCC(C)C)COP(=O)(O)OC[C@H](O)COP(=O)(O)OC[C@@H](COC(=O)CCCCCCCCCCCCCCC(C)C)OC(=O)CCCCCCCCCCCCCCCC(C)C. The number of phosphoric ester groups is 2. The zero-order valence-corrected chi connectivity index (χ0v) is 61.1. The number of carbonyl (C=O) groups excluding carboxylic acids is 4. The Morgan fingerprint density at radius 1 is 0.297 bits per heavy atom. The van der Waals surface area contributed by atoms with Crippen LogP contribution >= 0.6 is 15.6 Å². The van der Waals surface area contributed by atoms with Crippen molar-refractivity contribution >= 4 is 39.5 Å². The molecule has 0 aliphatic rings. The molecule has 0 radical (unpaired) electrons. The molecule has 0 rings (SSSR count). The van der Waals surface area contributed by atoms with E-state index in [0.717, 1.165) is 108 Å². The lowest BCUT2D eigenvalue weighted by Crippen LogP contribution is -2.30. The van der Waals surface area contributed by atoms with Crippen molar-refractivity contribution in [3.8, 4) is 0 Å². The minimum atomic E-state index is -4.95. The molecule has 0 aromatic carbocycles. The fourth-order valence-electron chi connectivity index (χ4n) is 10.9. The highest BCUT2D eigenvalue weighted by atomic mass is 31.2. The first-order valence-electron chi connectivity index (χ1n) is 37.3. The number of rotatable bonds is 70. The highest BCUT2D eigenvalue weighted by Crippen LogP contribution is 2.45. The Bertz CT molecular complexity index is 1780. The zero-order chi connectivity index (χ0) is 67.3. The van der Waals surface area contributed by atoms with Crippen LogP contribution in [0.15, 0.2) is 0 Å². The third-order valence-electron chi connectivity index (χ3n) is 16.6. The van der Waals surface area contributed by atoms with Crippen LogP contribution in [0.2, 0.25) is 0 Å². The summed E-state index contributed by atoms with van der Waals surface area (Å²) in [6.45, 7) is 11.8. The smallest absolute Gasteiger partial charge is 0.462 e. The van der Waals surface area contributed by atoms with E-state index in [-0.39, 0.29) is 25.7 Å². The summed E-state index contributed by atoms with van der Waals surface area (Å²) in [6, 6.07) is 0. The van der Waals surface area contributed by atoms with Gasteiger partial charge < -0.3 is 33.8 Å². The van der Waals surface area contributed by atoms with Gasteiger partial charge in [-0.1, -0.05) is 312 Å². The lowest BCUT2D eigenvalue weighted by molar-refractivity contribution is -0.161. The van der Waals surface area contributed by atoms with Crippen molar-refractivity contribution in [2.24, 2.45) is 17.8 Å². The lowest BCUT2D eigenvalue weighted by Gasteiger charge is -2.21. The number of hydrogen-bond acceptors (Lipinski definition) is 15. The Labute approximate surface area is 556 Å². The number of phosphoric acid groups is 2. The normalized spacial score (nSPS) is 14.2. The minimum Gasteiger partial charge on any atom is -0.462 e. The number of esters is 4. The van der Waals surface area contributed by atoms with Gasteiger partial charge in [-0.15, -0.1) is 0 Å². The van der Waals surface area contributed by atoms with Crippen molar-refractivity contribution < 1.29 is 80.2 Å². The van der Waals surface area contributed by atoms with Gasteiger partial charge in [-0.25, -0.2) is 9.13 Å². The maximum atomic E-state index is 13.0. The molecule has 0 fully saturated rings. The van der Waals surface area contributed by atoms with E-state index in [0.29, 0.717) is 31.6 Å². The average Bonchev–Trinajstić information content (AvgIpc) is 3.54. The average molecular weight is 1340 g/mol. The van der Waals surface area contributed by atoms with Crippen LogP contribution in [0.1, 0.15) is 363 Å². The van der Waals surface area contributed by atoms with Crippen molar-refractivity contribution in [3.05, 3.63) is 0 Å². The van der Waals surface area contributed by atoms with Crippen molar-refractivity contribution in [2.75, 3.05) is 39.6 Å². The van der Waals surface area contributed by atoms with Gasteiger partial charge in [-0.2, -0.15) is 0 Å². The number of aliphatic hydroxyl groups excluding tert-OH is 1. The molecule has 0 bridgehead atoms. The van der Waals surface area contributed by atoms with E-state index in [1.807, 2.05) is 0 Å². The summed E-state index contributed by atoms with van der Waals surface area (Å²) in [5.41, 5.74) is 0. The Morgan fingerprint density at radius 2 is 0.505 bits per heavy atom. The van der Waals surface area contributed by atoms with Gasteiger partial charge in [0, 0.05) is 25.7 Å². The highest BCUT2D eigenvalue weighted by Gasteiger charge is 2.30. The van der Waals surface area contributed by atoms with Crippen LogP contribution < -0.4 is 0 Å². The van der Waals surface area contributed by atoms with E-state index in [4.69, 9.17) is 37.0 Å². The molecule has 0 saturated heterocycles. The molecule has 5 atom stereocenters. The summed E-state index contributed by atoms with van der Waals surface area (Å²) < 4.78 is 68.3. The van der Waals surface area contributed by atoms with E-state index in [1.54, 1.807) is 0 Å². The number of hydrogen-bond donors (Lipinski definition) is 3. The summed E-state index contributed by atoms with van der Waals surface area (Å²) in [5, 5.41) is 10.6. The van der Waals surface area contributed by atoms with Gasteiger partial charge in [-0.05, 0) is 43.4 Å². The molecule has 0 aliphatic heterocycles. The van der Waals surface area contributed by atoms with Gasteiger partial charge in [-0.3, -0.25) is 37.3 Å². The van der Waals surface area contributed by atoms with Crippen molar-refractivity contribution in [2.45, 2.75) is 381 Å². The van der Waals surface area contributed by atoms with Gasteiger partial charge in [0.05, 0.1) is 26.4 Å². The molecule has 0 spiro atoms. The minimum absolute atomic E-state index is 0.106. The van der Waals surface area contributed by atoms with Gasteiger partial charge >= 0.3 is 39.5 Å². The van der Waals surface area contributed by atoms with Crippen LogP contribution in [0.4, 0.5) is 0 Å². The van der Waals surface area contributed by atoms with Crippen molar-refractivity contribution in [1.29, 1.82) is 0 Å². The molecule has 0 aromatic heterocycles. The second kappa shape index (κ2) is 62.8. The Balaban J connectivity index is 5.24. The fraction of sp³-hybridized carbons (Fsp3) is 0.944. The van der Waals surface area contributed by atoms with Crippen LogP contribution in [0.5, 0.6) is 0 Å². The predicted octanol–water partition coefficient (Wildman–Crippen LogP) is 20.6. The second-order valence-corrected chi connectivity index (χ2v) is 30.3. The van der Waals surface area contributed by atoms with E-state index in [9.17, 15) is 43.2 Å². The van der Waals surface area contributed by atoms with E-state index < -0.39 is 97.5 Å². The van der Waals surface area contributed by atoms with E-state index in [1.165, 1.54) is 167 Å². The highest BCUT2D eigenvalue weighted by molar-refractivity contribution is 7.47. The topological polar surface area (TPSA) is 237 Å². The summed E-state index contributed by atoms with van der Waals surface area (Å²) in [7, 11) is -9.90. The summed E-state index contributed by atoms with van der Waals surface area (Å²) in [5.74, 6) is 0.124. The number of carbonyl (C=O) groups is 4. The van der Waals surface area contributed by atoms with Gasteiger partial charge in [0.2, 0.25) is 0 Å². The Hall–Kier alpha value is -1.94. The molecular formula is C72H140O17P2. The maximum absolute atomic E-state index is 13.0. The predicted molar refractivity (Wildman–Crippen MR) is 368 cm³/mol. The van der Waals surface area contributed by atoms with Crippen molar-refractivity contribution in [3.63, 3.8) is 0 Å². The molecule has 19 heteroatoms. The second-order valence-electron chi connectivity index (χ2n) is 27.4. The summed E-state index contributed by atoms with van der Waals surface area (Å²) in [4.78, 5) is 72.6. The summed E-state index contributed by atoms with van der Waals surface area (Å²) in [6.07, 6.45) is 47.3. The standard InChI is InChI=1S/C72H140O17P2/c1-8-9-10-11-12-13-19-27-32-41-48-55-71(76)89-68(60-83-70(75)54-47-40-35-34-38-45-52-65(6)7)62-87-91(80,81)85-58-66(73)57-84-90(78,79)86-61-67(59-82-69(74)53-46-39-31-26-22-18-17-21-25-30-37-44-51-64(4)5)88-72(77)56-49-42-33-28-23-16-14-15-20-24-29-36-43-50-63(2)3/h63-68,73H,8-62H2,1-7H3,(H,78,79)(H,80,81)/t66-,67-,68-/m1/s1. The largest absolute Gasteiger partial charge is 0.472 e. The molecular weight excluding hydrogens is 1200 g/mol. The van der Waals surface area contributed by atoms with Crippen molar-refractivity contribution in [1.82, 2.24) is 0 Å². The maximum Gasteiger partial charge on any atom is 0.472 e. The van der Waals surface area contributed by atoms with Gasteiger partial charge in [0.15, 0.2) is 12.2 Å². The Morgan fingerprint density at radius 3 is 0.747 bits per heavy atom. The first-order chi connectivity index (χ1) is 43.7. The molecule has 0 amide bonds. The molecule has 91 heavy (non-hydrogen) atoms. The fourth-order valence-corrected chi connectivity index (χ4v) is 12.5. The van der Waals surface area contributed by atoms with E-state index >= 15 is 0 Å². The van der Waals surface area contributed by atoms with E-state index in [2.05, 4.69) is 48.5 Å². The van der Waals surface area contributed by atoms with Gasteiger partial charge in [0.25, 0.3) is 0 Å². The number of unbranched alkanes of at least 4 members (excludes halogenated alkanes) is 38. The number of ether oxygens (including phenoxy) is 4. The molecule has 0 heterocycles. The first-order valence-corrected chi connectivity index (χ1v) is 40.3. The quantitative estimate of drug-likeness (QED) is 0.0222. The zero-order valence-electron chi connectivity index (χ0n) is 59.3. The monoisotopic (exact) mass is 1340 g/mol.